The Morgan fingerprint density at radius 2 is 1.67 bits per heavy atom. The van der Waals surface area contributed by atoms with Gasteiger partial charge in [0.1, 0.15) is 0 Å². The Hall–Kier alpha value is -1.74. The van der Waals surface area contributed by atoms with E-state index in [0.717, 1.165) is 11.6 Å². The van der Waals surface area contributed by atoms with Gasteiger partial charge in [0.2, 0.25) is 0 Å². The Morgan fingerprint density at radius 1 is 1.00 bits per heavy atom. The van der Waals surface area contributed by atoms with Crippen LogP contribution in [0.1, 0.15) is 18.5 Å². The van der Waals surface area contributed by atoms with Crippen LogP contribution in [0.4, 0.5) is 8.78 Å². The highest BCUT2D eigenvalue weighted by Gasteiger charge is 2.10. The maximum Gasteiger partial charge on any atom is 0.166 e. The lowest BCUT2D eigenvalue weighted by Crippen LogP contribution is -2.11. The summed E-state index contributed by atoms with van der Waals surface area (Å²) in [5.74, 6) is -1.62. The van der Waals surface area contributed by atoms with Gasteiger partial charge in [0.05, 0.1) is 0 Å². The lowest BCUT2D eigenvalue weighted by molar-refractivity contribution is 0.511. The topological polar surface area (TPSA) is 12.0 Å². The van der Waals surface area contributed by atoms with Crippen LogP contribution in [0.15, 0.2) is 42.5 Å². The summed E-state index contributed by atoms with van der Waals surface area (Å²) in [5.41, 5.74) is 2.08. The van der Waals surface area contributed by atoms with E-state index in [-0.39, 0.29) is 6.04 Å². The summed E-state index contributed by atoms with van der Waals surface area (Å²) >= 11 is 0. The predicted octanol–water partition coefficient (Wildman–Crippen LogP) is 3.91. The molecule has 0 heterocycles. The Kier molecular flexibility index (Phi) is 3.72. The van der Waals surface area contributed by atoms with Gasteiger partial charge in [-0.2, -0.15) is 0 Å². The molecule has 0 fully saturated rings. The summed E-state index contributed by atoms with van der Waals surface area (Å²) in [5, 5.41) is 3.13. The molecule has 3 heteroatoms. The average Bonchev–Trinajstić information content (AvgIpc) is 2.41. The van der Waals surface area contributed by atoms with Crippen LogP contribution in [-0.4, -0.2) is 7.05 Å². The third-order valence-corrected chi connectivity index (χ3v) is 3.11. The molecule has 0 aliphatic heterocycles. The molecule has 1 N–H and O–H groups in total. The van der Waals surface area contributed by atoms with Crippen molar-refractivity contribution >= 4 is 0 Å². The molecule has 0 aromatic heterocycles. The Labute approximate surface area is 105 Å². The molecule has 18 heavy (non-hydrogen) atoms. The molecule has 1 nitrogen and oxygen atoms in total. The van der Waals surface area contributed by atoms with E-state index in [4.69, 9.17) is 0 Å². The second-order valence-electron chi connectivity index (χ2n) is 4.23. The van der Waals surface area contributed by atoms with E-state index in [0.29, 0.717) is 11.1 Å². The summed E-state index contributed by atoms with van der Waals surface area (Å²) in [6.45, 7) is 2.04. The molecule has 0 bridgehead atoms. The van der Waals surface area contributed by atoms with Crippen LogP contribution in [0.5, 0.6) is 0 Å². The van der Waals surface area contributed by atoms with Crippen LogP contribution in [0.25, 0.3) is 11.1 Å². The molecular formula is C15H15F2N. The van der Waals surface area contributed by atoms with Gasteiger partial charge in [-0.05, 0) is 31.2 Å². The van der Waals surface area contributed by atoms with Crippen molar-refractivity contribution < 1.29 is 8.78 Å². The quantitative estimate of drug-likeness (QED) is 0.867. The number of benzene rings is 2. The zero-order valence-electron chi connectivity index (χ0n) is 10.4. The van der Waals surface area contributed by atoms with Crippen molar-refractivity contribution in [3.05, 3.63) is 59.7 Å². The molecule has 0 spiro atoms. The number of nitrogens with one attached hydrogen (secondary N) is 1. The largest absolute Gasteiger partial charge is 0.313 e. The molecule has 2 aromatic carbocycles. The number of rotatable bonds is 3. The molecule has 0 saturated heterocycles. The fourth-order valence-electron chi connectivity index (χ4n) is 1.84. The van der Waals surface area contributed by atoms with Gasteiger partial charge in [-0.15, -0.1) is 0 Å². The molecule has 0 radical (unpaired) electrons. The van der Waals surface area contributed by atoms with Gasteiger partial charge in [0.25, 0.3) is 0 Å². The van der Waals surface area contributed by atoms with Crippen LogP contribution >= 0.6 is 0 Å². The minimum Gasteiger partial charge on any atom is -0.313 e. The van der Waals surface area contributed by atoms with E-state index < -0.39 is 11.6 Å². The standard InChI is InChI=1S/C15H15F2N/c1-10(18-2)11-6-8-12(9-7-11)13-4-3-5-14(16)15(13)17/h3-10,18H,1-2H3. The van der Waals surface area contributed by atoms with Crippen LogP contribution in [0, 0.1) is 11.6 Å². The molecule has 0 aliphatic carbocycles. The van der Waals surface area contributed by atoms with Gasteiger partial charge in [0, 0.05) is 11.6 Å². The fraction of sp³-hybridized carbons (Fsp3) is 0.200. The van der Waals surface area contributed by atoms with E-state index in [1.54, 1.807) is 18.2 Å². The van der Waals surface area contributed by atoms with Gasteiger partial charge in [-0.25, -0.2) is 8.78 Å². The Morgan fingerprint density at radius 3 is 2.28 bits per heavy atom. The normalized spacial score (nSPS) is 12.4. The summed E-state index contributed by atoms with van der Waals surface area (Å²) in [7, 11) is 1.88. The zero-order chi connectivity index (χ0) is 13.1. The summed E-state index contributed by atoms with van der Waals surface area (Å²) in [4.78, 5) is 0. The first-order valence-electron chi connectivity index (χ1n) is 5.85. The molecular weight excluding hydrogens is 232 g/mol. The summed E-state index contributed by atoms with van der Waals surface area (Å²) < 4.78 is 26.8. The zero-order valence-corrected chi connectivity index (χ0v) is 10.4. The molecule has 1 unspecified atom stereocenters. The molecule has 0 saturated carbocycles. The van der Waals surface area contributed by atoms with E-state index in [1.807, 2.05) is 26.1 Å². The second-order valence-corrected chi connectivity index (χ2v) is 4.23. The molecule has 0 aliphatic rings. The summed E-state index contributed by atoms with van der Waals surface area (Å²) in [6.07, 6.45) is 0. The summed E-state index contributed by atoms with van der Waals surface area (Å²) in [6, 6.07) is 11.9. The predicted molar refractivity (Wildman–Crippen MR) is 69.3 cm³/mol. The smallest absolute Gasteiger partial charge is 0.166 e. The van der Waals surface area contributed by atoms with Crippen LogP contribution in [-0.2, 0) is 0 Å². The van der Waals surface area contributed by atoms with E-state index >= 15 is 0 Å². The van der Waals surface area contributed by atoms with Crippen molar-refractivity contribution in [2.24, 2.45) is 0 Å². The van der Waals surface area contributed by atoms with Crippen molar-refractivity contribution in [2.75, 3.05) is 7.05 Å². The van der Waals surface area contributed by atoms with Gasteiger partial charge >= 0.3 is 0 Å². The van der Waals surface area contributed by atoms with Crippen LogP contribution < -0.4 is 5.32 Å². The van der Waals surface area contributed by atoms with Crippen molar-refractivity contribution in [1.29, 1.82) is 0 Å². The minimum absolute atomic E-state index is 0.233. The second kappa shape index (κ2) is 5.27. The first-order valence-corrected chi connectivity index (χ1v) is 5.85. The molecule has 94 valence electrons. The van der Waals surface area contributed by atoms with E-state index in [2.05, 4.69) is 5.32 Å². The maximum atomic E-state index is 13.6. The first-order chi connectivity index (χ1) is 8.63. The maximum absolute atomic E-state index is 13.6. The third-order valence-electron chi connectivity index (χ3n) is 3.11. The van der Waals surface area contributed by atoms with Crippen LogP contribution in [0.3, 0.4) is 0 Å². The van der Waals surface area contributed by atoms with Crippen molar-refractivity contribution in [3.8, 4) is 11.1 Å². The third kappa shape index (κ3) is 2.41. The lowest BCUT2D eigenvalue weighted by atomic mass is 10.0. The highest BCUT2D eigenvalue weighted by Crippen LogP contribution is 2.25. The SMILES string of the molecule is CNC(C)c1ccc(-c2cccc(F)c2F)cc1. The lowest BCUT2D eigenvalue weighted by Gasteiger charge is -2.11. The van der Waals surface area contributed by atoms with Crippen molar-refractivity contribution in [2.45, 2.75) is 13.0 Å². The van der Waals surface area contributed by atoms with Crippen molar-refractivity contribution in [3.63, 3.8) is 0 Å². The van der Waals surface area contributed by atoms with E-state index in [9.17, 15) is 8.78 Å². The van der Waals surface area contributed by atoms with Gasteiger partial charge in [-0.3, -0.25) is 0 Å². The molecule has 1 atom stereocenters. The average molecular weight is 247 g/mol. The minimum atomic E-state index is -0.819. The monoisotopic (exact) mass is 247 g/mol. The Bertz CT molecular complexity index is 535. The number of hydrogen-bond acceptors (Lipinski definition) is 1. The van der Waals surface area contributed by atoms with Crippen molar-refractivity contribution in [1.82, 2.24) is 5.32 Å². The number of hydrogen-bond donors (Lipinski definition) is 1. The van der Waals surface area contributed by atoms with E-state index in [1.165, 1.54) is 6.07 Å². The molecule has 2 aromatic rings. The highest BCUT2D eigenvalue weighted by atomic mass is 19.2. The highest BCUT2D eigenvalue weighted by molar-refractivity contribution is 5.64. The van der Waals surface area contributed by atoms with Crippen LogP contribution in [0.2, 0.25) is 0 Å². The van der Waals surface area contributed by atoms with Gasteiger partial charge in [0.15, 0.2) is 11.6 Å². The number of halogens is 2. The van der Waals surface area contributed by atoms with Gasteiger partial charge in [-0.1, -0.05) is 36.4 Å². The first kappa shape index (κ1) is 12.7. The fourth-order valence-corrected chi connectivity index (χ4v) is 1.84. The molecule has 2 rings (SSSR count). The molecule has 0 amide bonds. The Balaban J connectivity index is 2.37. The van der Waals surface area contributed by atoms with Gasteiger partial charge < -0.3 is 5.32 Å².